The second-order valence-electron chi connectivity index (χ2n) is 23.2. The Balaban J connectivity index is 1.74. The standard InChI is InChI=1S/C66H121NO13/c1-3-5-7-9-11-13-15-17-19-21-23-25-27-29-31-33-35-37-39-41-43-45-47-49-55(70)54(53-77-65-63(76)61(74)64(57(52-69)79-65)80-66-62(75)60(73)59(72)56(51-68)78-66)67-58(71)50-48-46-44-42-40-38-36-34-32-30-28-26-24-22-20-18-16-14-12-10-8-6-4-2/h16,18,22,24,28,30,47,49,54-57,59-66,68-70,72-76H,3-15,17,19-21,23,25-27,29,31-46,48,50-53H2,1-2H3,(H,67,71)/b18-16-,24-22-,30-28-,49-47+. The van der Waals surface area contributed by atoms with Crippen molar-refractivity contribution in [2.45, 2.75) is 344 Å². The minimum absolute atomic E-state index is 0.245. The highest BCUT2D eigenvalue weighted by molar-refractivity contribution is 5.76. The van der Waals surface area contributed by atoms with Crippen LogP contribution in [0.2, 0.25) is 0 Å². The maximum atomic E-state index is 13.3. The molecule has 468 valence electrons. The summed E-state index contributed by atoms with van der Waals surface area (Å²) < 4.78 is 22.8. The molecule has 0 bridgehead atoms. The van der Waals surface area contributed by atoms with E-state index in [0.29, 0.717) is 6.42 Å². The van der Waals surface area contributed by atoms with Crippen molar-refractivity contribution in [3.05, 3.63) is 48.6 Å². The van der Waals surface area contributed by atoms with Crippen LogP contribution in [-0.4, -0.2) is 140 Å². The molecule has 0 aromatic carbocycles. The van der Waals surface area contributed by atoms with Gasteiger partial charge in [0.25, 0.3) is 0 Å². The number of amides is 1. The summed E-state index contributed by atoms with van der Waals surface area (Å²) >= 11 is 0. The molecule has 0 aromatic heterocycles. The summed E-state index contributed by atoms with van der Waals surface area (Å²) in [6.45, 7) is 2.81. The summed E-state index contributed by atoms with van der Waals surface area (Å²) in [6, 6.07) is -0.921. The minimum atomic E-state index is -1.79. The lowest BCUT2D eigenvalue weighted by Gasteiger charge is -2.46. The van der Waals surface area contributed by atoms with Gasteiger partial charge in [-0.05, 0) is 57.8 Å². The molecule has 0 aromatic rings. The molecule has 2 saturated heterocycles. The van der Waals surface area contributed by atoms with Gasteiger partial charge in [-0.2, -0.15) is 0 Å². The number of carbonyl (C=O) groups is 1. The van der Waals surface area contributed by atoms with Gasteiger partial charge in [0.05, 0.1) is 32.0 Å². The molecule has 12 atom stereocenters. The quantitative estimate of drug-likeness (QED) is 0.0204. The Morgan fingerprint density at radius 1 is 0.450 bits per heavy atom. The predicted molar refractivity (Wildman–Crippen MR) is 323 cm³/mol. The third-order valence-corrected chi connectivity index (χ3v) is 16.0. The van der Waals surface area contributed by atoms with Crippen LogP contribution in [0.25, 0.3) is 0 Å². The predicted octanol–water partition coefficient (Wildman–Crippen LogP) is 12.3. The highest BCUT2D eigenvalue weighted by atomic mass is 16.7. The summed E-state index contributed by atoms with van der Waals surface area (Å²) in [5.41, 5.74) is 0. The summed E-state index contributed by atoms with van der Waals surface area (Å²) in [5.74, 6) is -0.245. The summed E-state index contributed by atoms with van der Waals surface area (Å²) in [7, 11) is 0. The van der Waals surface area contributed by atoms with E-state index < -0.39 is 86.8 Å². The zero-order valence-electron chi connectivity index (χ0n) is 50.6. The van der Waals surface area contributed by atoms with Crippen LogP contribution >= 0.6 is 0 Å². The Bertz CT molecular complexity index is 1530. The molecule has 2 fully saturated rings. The van der Waals surface area contributed by atoms with Crippen molar-refractivity contribution in [3.8, 4) is 0 Å². The molecule has 80 heavy (non-hydrogen) atoms. The number of aliphatic hydroxyl groups is 8. The first-order valence-electron chi connectivity index (χ1n) is 32.9. The maximum absolute atomic E-state index is 13.3. The number of nitrogens with one attached hydrogen (secondary N) is 1. The van der Waals surface area contributed by atoms with Crippen LogP contribution in [-0.2, 0) is 23.7 Å². The van der Waals surface area contributed by atoms with Gasteiger partial charge in [-0.3, -0.25) is 4.79 Å². The number of carbonyl (C=O) groups excluding carboxylic acids is 1. The van der Waals surface area contributed by atoms with Crippen LogP contribution in [0.5, 0.6) is 0 Å². The Hall–Kier alpha value is -2.05. The van der Waals surface area contributed by atoms with Crippen LogP contribution in [0.1, 0.15) is 271 Å². The number of hydrogen-bond donors (Lipinski definition) is 9. The second kappa shape index (κ2) is 51.4. The van der Waals surface area contributed by atoms with Crippen molar-refractivity contribution < 1.29 is 64.6 Å². The number of allylic oxidation sites excluding steroid dienone is 7. The van der Waals surface area contributed by atoms with Crippen molar-refractivity contribution in [1.29, 1.82) is 0 Å². The lowest BCUT2D eigenvalue weighted by atomic mass is 9.97. The Morgan fingerprint density at radius 3 is 1.26 bits per heavy atom. The van der Waals surface area contributed by atoms with Gasteiger partial charge >= 0.3 is 0 Å². The molecule has 14 nitrogen and oxygen atoms in total. The van der Waals surface area contributed by atoms with Crippen LogP contribution in [0, 0.1) is 0 Å². The molecule has 12 unspecified atom stereocenters. The van der Waals surface area contributed by atoms with Gasteiger partial charge in [0.15, 0.2) is 12.6 Å². The van der Waals surface area contributed by atoms with E-state index in [1.54, 1.807) is 6.08 Å². The van der Waals surface area contributed by atoms with Crippen LogP contribution in [0.15, 0.2) is 48.6 Å². The highest BCUT2D eigenvalue weighted by Gasteiger charge is 2.51. The fourth-order valence-corrected chi connectivity index (χ4v) is 10.7. The Kier molecular flexibility index (Phi) is 47.6. The van der Waals surface area contributed by atoms with Crippen LogP contribution < -0.4 is 5.32 Å². The molecule has 14 heteroatoms. The molecule has 2 aliphatic heterocycles. The normalized spacial score (nSPS) is 24.5. The fourth-order valence-electron chi connectivity index (χ4n) is 10.7. The average molecular weight is 1140 g/mol. The second-order valence-corrected chi connectivity index (χ2v) is 23.2. The number of hydrogen-bond acceptors (Lipinski definition) is 13. The molecule has 2 rings (SSSR count). The Labute approximate surface area is 486 Å². The van der Waals surface area contributed by atoms with Crippen LogP contribution in [0.4, 0.5) is 0 Å². The van der Waals surface area contributed by atoms with Crippen molar-refractivity contribution in [3.63, 3.8) is 0 Å². The van der Waals surface area contributed by atoms with E-state index in [-0.39, 0.29) is 18.9 Å². The lowest BCUT2D eigenvalue weighted by molar-refractivity contribution is -0.359. The SMILES string of the molecule is CCCCCCC/C=C\C/C=C\C/C=C\CCCCCCCCCCC(=O)NC(COC1OC(CO)C(OC2OC(CO)C(O)C(O)C2O)C(O)C1O)C(O)/C=C/CCCCCCCCCCCCCCCCCCCCCCC. The monoisotopic (exact) mass is 1140 g/mol. The third-order valence-electron chi connectivity index (χ3n) is 16.0. The fraction of sp³-hybridized carbons (Fsp3) is 0.864. The molecular formula is C66H121NO13. The molecule has 9 N–H and O–H groups in total. The van der Waals surface area contributed by atoms with Crippen molar-refractivity contribution in [1.82, 2.24) is 5.32 Å². The van der Waals surface area contributed by atoms with E-state index in [1.165, 1.54) is 186 Å². The van der Waals surface area contributed by atoms with E-state index >= 15 is 0 Å². The molecule has 2 heterocycles. The average Bonchev–Trinajstić information content (AvgIpc) is 3.46. The van der Waals surface area contributed by atoms with Crippen molar-refractivity contribution >= 4 is 5.91 Å². The summed E-state index contributed by atoms with van der Waals surface area (Å²) in [4.78, 5) is 13.3. The lowest BCUT2D eigenvalue weighted by Crippen LogP contribution is -2.65. The molecule has 0 saturated carbocycles. The maximum Gasteiger partial charge on any atom is 0.220 e. The van der Waals surface area contributed by atoms with Gasteiger partial charge in [-0.15, -0.1) is 0 Å². The topological polar surface area (TPSA) is 228 Å². The van der Waals surface area contributed by atoms with E-state index in [0.717, 1.165) is 57.8 Å². The van der Waals surface area contributed by atoms with E-state index in [4.69, 9.17) is 18.9 Å². The molecule has 1 amide bonds. The first-order chi connectivity index (χ1) is 39.1. The van der Waals surface area contributed by atoms with E-state index in [9.17, 15) is 45.6 Å². The smallest absolute Gasteiger partial charge is 0.220 e. The molecule has 0 spiro atoms. The molecule has 2 aliphatic rings. The highest BCUT2D eigenvalue weighted by Crippen LogP contribution is 2.30. The number of ether oxygens (including phenoxy) is 4. The number of aliphatic hydroxyl groups excluding tert-OH is 8. The van der Waals surface area contributed by atoms with E-state index in [1.807, 2.05) is 6.08 Å². The number of rotatable bonds is 53. The Morgan fingerprint density at radius 2 is 0.825 bits per heavy atom. The minimum Gasteiger partial charge on any atom is -0.394 e. The first-order valence-corrected chi connectivity index (χ1v) is 32.9. The summed E-state index contributed by atoms with van der Waals surface area (Å²) in [6.07, 6.45) is 48.6. The van der Waals surface area contributed by atoms with Gasteiger partial charge in [-0.25, -0.2) is 0 Å². The van der Waals surface area contributed by atoms with Gasteiger partial charge in [0.2, 0.25) is 5.91 Å². The largest absolute Gasteiger partial charge is 0.394 e. The molecular weight excluding hydrogens is 1010 g/mol. The first kappa shape index (κ1) is 74.1. The van der Waals surface area contributed by atoms with Crippen molar-refractivity contribution in [2.24, 2.45) is 0 Å². The van der Waals surface area contributed by atoms with Gasteiger partial charge < -0.3 is 65.1 Å². The van der Waals surface area contributed by atoms with Crippen molar-refractivity contribution in [2.75, 3.05) is 19.8 Å². The van der Waals surface area contributed by atoms with Gasteiger partial charge in [0, 0.05) is 6.42 Å². The summed E-state index contributed by atoms with van der Waals surface area (Å²) in [5, 5.41) is 87.3. The van der Waals surface area contributed by atoms with Crippen LogP contribution in [0.3, 0.4) is 0 Å². The number of unbranched alkanes of at least 4 members (excludes halogenated alkanes) is 34. The third kappa shape index (κ3) is 35.9. The van der Waals surface area contributed by atoms with E-state index in [2.05, 4.69) is 55.6 Å². The zero-order valence-corrected chi connectivity index (χ0v) is 50.6. The van der Waals surface area contributed by atoms with Gasteiger partial charge in [0.1, 0.15) is 48.8 Å². The molecule has 0 aliphatic carbocycles. The van der Waals surface area contributed by atoms with Gasteiger partial charge in [-0.1, -0.05) is 255 Å². The zero-order chi connectivity index (χ0) is 58.1. The molecule has 0 radical (unpaired) electrons.